The van der Waals surface area contributed by atoms with E-state index in [1.807, 2.05) is 25.3 Å². The number of amides is 2. The maximum atomic E-state index is 13.1. The lowest BCUT2D eigenvalue weighted by Gasteiger charge is -2.29. The minimum absolute atomic E-state index is 0.197. The van der Waals surface area contributed by atoms with E-state index in [1.54, 1.807) is 22.9 Å². The zero-order chi connectivity index (χ0) is 26.5. The number of nitrogens with zero attached hydrogens (tertiary/aromatic N) is 5. The minimum Gasteiger partial charge on any atom is -0.491 e. The first-order chi connectivity index (χ1) is 17.8. The van der Waals surface area contributed by atoms with Crippen molar-refractivity contribution in [1.29, 1.82) is 0 Å². The summed E-state index contributed by atoms with van der Waals surface area (Å²) in [6.07, 6.45) is 3.00. The van der Waals surface area contributed by atoms with E-state index in [2.05, 4.69) is 20.3 Å². The zero-order valence-electron chi connectivity index (χ0n) is 21.9. The number of nitrogens with two attached hydrogens (primary N) is 1. The highest BCUT2D eigenvalue weighted by Gasteiger charge is 2.22. The fourth-order valence-electron chi connectivity index (χ4n) is 4.77. The molecular weight excluding hydrogens is 474 g/mol. The Morgan fingerprint density at radius 2 is 1.95 bits per heavy atom. The Balaban J connectivity index is 1.59. The number of benzene rings is 1. The van der Waals surface area contributed by atoms with Crippen molar-refractivity contribution in [3.63, 3.8) is 0 Å². The summed E-state index contributed by atoms with van der Waals surface area (Å²) in [7, 11) is 0. The van der Waals surface area contributed by atoms with Gasteiger partial charge in [0.15, 0.2) is 0 Å². The molecule has 1 saturated heterocycles. The van der Waals surface area contributed by atoms with Crippen molar-refractivity contribution in [2.75, 3.05) is 31.6 Å². The number of carbonyl (C=O) groups excluding carboxylic acids is 2. The molecule has 37 heavy (non-hydrogen) atoms. The summed E-state index contributed by atoms with van der Waals surface area (Å²) in [6, 6.07) is 5.02. The number of rotatable bonds is 11. The summed E-state index contributed by atoms with van der Waals surface area (Å²) in [6.45, 7) is 10.1. The molecule has 4 N–H and O–H groups in total. The number of likely N-dealkylation sites (tertiary alicyclic amines) is 1. The molecule has 0 radical (unpaired) electrons. The number of piperidine rings is 1. The second-order valence-electron chi connectivity index (χ2n) is 9.51. The van der Waals surface area contributed by atoms with Crippen molar-refractivity contribution in [2.24, 2.45) is 5.73 Å². The monoisotopic (exact) mass is 511 g/mol. The number of aryl methyl sites for hydroxylation is 3. The third-order valence-electron chi connectivity index (χ3n) is 6.63. The molecule has 11 nitrogen and oxygen atoms in total. The Hall–Kier alpha value is -3.44. The molecule has 2 aromatic heterocycles. The normalized spacial score (nSPS) is 14.8. The van der Waals surface area contributed by atoms with E-state index < -0.39 is 5.91 Å². The molecule has 1 aliphatic rings. The molecular formula is C26H37N7O4. The number of fused-ring (bicyclic) bond motifs is 1. The van der Waals surface area contributed by atoms with Gasteiger partial charge in [-0.05, 0) is 57.7 Å². The van der Waals surface area contributed by atoms with Gasteiger partial charge >= 0.3 is 0 Å². The largest absolute Gasteiger partial charge is 0.491 e. The van der Waals surface area contributed by atoms with Crippen molar-refractivity contribution in [2.45, 2.75) is 65.6 Å². The Morgan fingerprint density at radius 1 is 1.19 bits per heavy atom. The minimum atomic E-state index is -0.573. The highest BCUT2D eigenvalue weighted by atomic mass is 16.5. The molecule has 200 valence electrons. The van der Waals surface area contributed by atoms with E-state index in [-0.39, 0.29) is 12.0 Å². The molecule has 11 heteroatoms. The van der Waals surface area contributed by atoms with Crippen molar-refractivity contribution in [3.8, 4) is 5.75 Å². The predicted octanol–water partition coefficient (Wildman–Crippen LogP) is 2.55. The molecule has 1 aliphatic heterocycles. The number of anilines is 1. The molecule has 0 spiro atoms. The molecule has 0 unspecified atom stereocenters. The third kappa shape index (κ3) is 6.11. The van der Waals surface area contributed by atoms with Gasteiger partial charge in [0.1, 0.15) is 17.0 Å². The molecule has 1 fully saturated rings. The number of ether oxygens (including phenoxy) is 1. The van der Waals surface area contributed by atoms with Crippen LogP contribution in [0.1, 0.15) is 66.1 Å². The van der Waals surface area contributed by atoms with E-state index in [9.17, 15) is 14.7 Å². The maximum Gasteiger partial charge on any atom is 0.276 e. The van der Waals surface area contributed by atoms with E-state index in [1.165, 1.54) is 0 Å². The van der Waals surface area contributed by atoms with Crippen molar-refractivity contribution >= 4 is 28.8 Å². The van der Waals surface area contributed by atoms with Crippen LogP contribution < -0.4 is 15.8 Å². The molecule has 0 saturated carbocycles. The molecule has 0 atom stereocenters. The average Bonchev–Trinajstić information content (AvgIpc) is 3.42. The van der Waals surface area contributed by atoms with Gasteiger partial charge in [0.25, 0.3) is 5.91 Å². The SMILES string of the molecule is CCCn1c(NC(=O)c2cc(C)nn2CC)nc2cc(C(N)=O)cc(OCCCN3CCC(O)CC3)c21. The van der Waals surface area contributed by atoms with Crippen LogP contribution in [0, 0.1) is 6.92 Å². The molecule has 3 heterocycles. The number of aliphatic hydroxyl groups is 1. The second-order valence-corrected chi connectivity index (χ2v) is 9.51. The topological polar surface area (TPSA) is 141 Å². The first kappa shape index (κ1) is 26.6. The first-order valence-electron chi connectivity index (χ1n) is 13.0. The third-order valence-corrected chi connectivity index (χ3v) is 6.63. The highest BCUT2D eigenvalue weighted by Crippen LogP contribution is 2.31. The highest BCUT2D eigenvalue weighted by molar-refractivity contribution is 6.04. The van der Waals surface area contributed by atoms with Crippen molar-refractivity contribution in [3.05, 3.63) is 35.2 Å². The van der Waals surface area contributed by atoms with Gasteiger partial charge in [0.2, 0.25) is 11.9 Å². The summed E-state index contributed by atoms with van der Waals surface area (Å²) in [5.41, 5.74) is 8.35. The number of carbonyl (C=O) groups is 2. The summed E-state index contributed by atoms with van der Waals surface area (Å²) < 4.78 is 9.75. The fourth-order valence-corrected chi connectivity index (χ4v) is 4.77. The first-order valence-corrected chi connectivity index (χ1v) is 13.0. The molecule has 1 aromatic carbocycles. The smallest absolute Gasteiger partial charge is 0.276 e. The van der Waals surface area contributed by atoms with Crippen molar-refractivity contribution in [1.82, 2.24) is 24.2 Å². The Bertz CT molecular complexity index is 1260. The average molecular weight is 512 g/mol. The summed E-state index contributed by atoms with van der Waals surface area (Å²) in [5.74, 6) is 0.00823. The molecule has 2 amide bonds. The van der Waals surface area contributed by atoms with Crippen LogP contribution in [0.3, 0.4) is 0 Å². The van der Waals surface area contributed by atoms with Crippen LogP contribution in [0.25, 0.3) is 11.0 Å². The maximum absolute atomic E-state index is 13.1. The zero-order valence-corrected chi connectivity index (χ0v) is 21.9. The van der Waals surface area contributed by atoms with Crippen LogP contribution >= 0.6 is 0 Å². The Kier molecular flexibility index (Phi) is 8.45. The molecule has 0 aliphatic carbocycles. The number of imidazole rings is 1. The van der Waals surface area contributed by atoms with Crippen LogP contribution in [0.2, 0.25) is 0 Å². The van der Waals surface area contributed by atoms with E-state index in [4.69, 9.17) is 10.5 Å². The number of hydrogen-bond acceptors (Lipinski definition) is 7. The Morgan fingerprint density at radius 3 is 2.62 bits per heavy atom. The standard InChI is InChI=1S/C26H37N7O4/c1-4-9-32-23-20(28-26(32)29-25(36)21-14-17(3)30-33(21)5-2)15-18(24(27)35)16-22(23)37-13-6-10-31-11-7-19(34)8-12-31/h14-16,19,34H,4-13H2,1-3H3,(H2,27,35)(H,28,29,36). The van der Waals surface area contributed by atoms with E-state index >= 15 is 0 Å². The number of primary amides is 1. The quantitative estimate of drug-likeness (QED) is 0.336. The van der Waals surface area contributed by atoms with Gasteiger partial charge in [0.05, 0.1) is 23.9 Å². The summed E-state index contributed by atoms with van der Waals surface area (Å²) >= 11 is 0. The van der Waals surface area contributed by atoms with Crippen molar-refractivity contribution < 1.29 is 19.4 Å². The lowest BCUT2D eigenvalue weighted by atomic mass is 10.1. The van der Waals surface area contributed by atoms with Crippen LogP contribution in [0.4, 0.5) is 5.95 Å². The lowest BCUT2D eigenvalue weighted by molar-refractivity contribution is 0.0800. The van der Waals surface area contributed by atoms with Crippen LogP contribution in [-0.2, 0) is 13.1 Å². The van der Waals surface area contributed by atoms with Gasteiger partial charge in [-0.25, -0.2) is 4.98 Å². The van der Waals surface area contributed by atoms with Crippen LogP contribution in [0.5, 0.6) is 5.75 Å². The van der Waals surface area contributed by atoms with Crippen LogP contribution in [0.15, 0.2) is 18.2 Å². The fraction of sp³-hybridized carbons (Fsp3) is 0.538. The van der Waals surface area contributed by atoms with Gasteiger partial charge in [0, 0.05) is 38.3 Å². The van der Waals surface area contributed by atoms with Gasteiger partial charge in [-0.3, -0.25) is 19.6 Å². The van der Waals surface area contributed by atoms with Gasteiger partial charge in [-0.1, -0.05) is 6.92 Å². The lowest BCUT2D eigenvalue weighted by Crippen LogP contribution is -2.36. The molecule has 0 bridgehead atoms. The van der Waals surface area contributed by atoms with Crippen LogP contribution in [-0.4, -0.2) is 73.5 Å². The van der Waals surface area contributed by atoms with E-state index in [0.717, 1.165) is 51.0 Å². The Labute approximate surface area is 216 Å². The number of aliphatic hydroxyl groups excluding tert-OH is 1. The predicted molar refractivity (Wildman–Crippen MR) is 141 cm³/mol. The number of aromatic nitrogens is 4. The van der Waals surface area contributed by atoms with E-state index in [0.29, 0.717) is 53.7 Å². The summed E-state index contributed by atoms with van der Waals surface area (Å²) in [4.78, 5) is 32.1. The van der Waals surface area contributed by atoms with Gasteiger partial charge in [-0.15, -0.1) is 0 Å². The molecule has 4 rings (SSSR count). The summed E-state index contributed by atoms with van der Waals surface area (Å²) in [5, 5.41) is 17.0. The van der Waals surface area contributed by atoms with Gasteiger partial charge in [-0.2, -0.15) is 5.10 Å². The second kappa shape index (κ2) is 11.7. The van der Waals surface area contributed by atoms with Gasteiger partial charge < -0.3 is 25.0 Å². The number of nitrogens with one attached hydrogen (secondary N) is 1. The molecule has 3 aromatic rings. The number of hydrogen-bond donors (Lipinski definition) is 3.